The summed E-state index contributed by atoms with van der Waals surface area (Å²) in [5, 5.41) is 0. The summed E-state index contributed by atoms with van der Waals surface area (Å²) in [5.41, 5.74) is 0. The average Bonchev–Trinajstić information content (AvgIpc) is 2.19. The highest BCUT2D eigenvalue weighted by atomic mass is 79.9. The lowest BCUT2D eigenvalue weighted by atomic mass is 10.0. The normalized spacial score (nSPS) is 51.0. The molecule has 0 radical (unpaired) electrons. The Morgan fingerprint density at radius 2 is 2.00 bits per heavy atom. The fourth-order valence-electron chi connectivity index (χ4n) is 1.86. The second-order valence-corrected chi connectivity index (χ2v) is 7.44. The van der Waals surface area contributed by atoms with E-state index in [0.717, 1.165) is 12.8 Å². The molecule has 2 aliphatic rings. The van der Waals surface area contributed by atoms with Gasteiger partial charge in [0.1, 0.15) is 3.23 Å². The van der Waals surface area contributed by atoms with E-state index in [9.17, 15) is 0 Å². The van der Waals surface area contributed by atoms with Crippen LogP contribution in [-0.4, -0.2) is 21.2 Å². The Bertz CT molecular complexity index is 203. The van der Waals surface area contributed by atoms with E-state index in [-0.39, 0.29) is 15.4 Å². The molecule has 12 heavy (non-hydrogen) atoms. The van der Waals surface area contributed by atoms with Crippen molar-refractivity contribution in [2.24, 2.45) is 0 Å². The zero-order chi connectivity index (χ0) is 8.98. The van der Waals surface area contributed by atoms with Gasteiger partial charge in [0, 0.05) is 0 Å². The molecule has 2 fully saturated rings. The SMILES string of the molecule is C[C@@H]1O[C@@]2(C)O[C@@H]1CCC2(Br)Br. The lowest BCUT2D eigenvalue weighted by Crippen LogP contribution is -2.47. The molecule has 0 unspecified atom stereocenters. The third kappa shape index (κ3) is 1.19. The van der Waals surface area contributed by atoms with Gasteiger partial charge in [-0.15, -0.1) is 0 Å². The largest absolute Gasteiger partial charge is 0.342 e. The lowest BCUT2D eigenvalue weighted by Gasteiger charge is -2.39. The Hall–Kier alpha value is 0.880. The molecule has 3 atom stereocenters. The minimum Gasteiger partial charge on any atom is -0.342 e. The zero-order valence-electron chi connectivity index (χ0n) is 7.14. The first kappa shape index (κ1) is 9.44. The second-order valence-electron chi connectivity index (χ2n) is 3.67. The molecule has 2 bridgehead atoms. The van der Waals surface area contributed by atoms with Crippen molar-refractivity contribution in [2.75, 3.05) is 0 Å². The van der Waals surface area contributed by atoms with Crippen molar-refractivity contribution >= 4 is 31.9 Å². The molecule has 0 saturated carbocycles. The summed E-state index contributed by atoms with van der Waals surface area (Å²) >= 11 is 7.19. The minimum atomic E-state index is -0.505. The van der Waals surface area contributed by atoms with Crippen molar-refractivity contribution in [2.45, 2.75) is 47.9 Å². The van der Waals surface area contributed by atoms with Crippen LogP contribution in [0.2, 0.25) is 0 Å². The average molecular weight is 300 g/mol. The Morgan fingerprint density at radius 1 is 1.33 bits per heavy atom. The summed E-state index contributed by atoms with van der Waals surface area (Å²) in [4.78, 5) is 0. The fraction of sp³-hybridized carbons (Fsp3) is 1.00. The molecular weight excluding hydrogens is 288 g/mol. The van der Waals surface area contributed by atoms with E-state index in [1.165, 1.54) is 0 Å². The summed E-state index contributed by atoms with van der Waals surface area (Å²) in [6, 6.07) is 0. The molecule has 0 aromatic heterocycles. The monoisotopic (exact) mass is 298 g/mol. The first-order valence-corrected chi connectivity index (χ1v) is 5.77. The van der Waals surface area contributed by atoms with Crippen molar-refractivity contribution in [3.63, 3.8) is 0 Å². The molecule has 0 N–H and O–H groups in total. The van der Waals surface area contributed by atoms with Crippen LogP contribution in [0.25, 0.3) is 0 Å². The quantitative estimate of drug-likeness (QED) is 0.641. The Labute approximate surface area is 89.2 Å². The van der Waals surface area contributed by atoms with Crippen LogP contribution in [0.1, 0.15) is 26.7 Å². The van der Waals surface area contributed by atoms with E-state index in [1.54, 1.807) is 0 Å². The maximum atomic E-state index is 5.80. The number of rotatable bonds is 0. The van der Waals surface area contributed by atoms with Crippen molar-refractivity contribution in [3.8, 4) is 0 Å². The molecule has 0 spiro atoms. The number of fused-ring (bicyclic) bond motifs is 2. The molecule has 70 valence electrons. The summed E-state index contributed by atoms with van der Waals surface area (Å²) in [6.45, 7) is 4.05. The number of ether oxygens (including phenoxy) is 2. The predicted octanol–water partition coefficient (Wildman–Crippen LogP) is 2.79. The van der Waals surface area contributed by atoms with Gasteiger partial charge >= 0.3 is 0 Å². The van der Waals surface area contributed by atoms with Crippen molar-refractivity contribution < 1.29 is 9.47 Å². The maximum Gasteiger partial charge on any atom is 0.191 e. The van der Waals surface area contributed by atoms with Crippen molar-refractivity contribution in [1.82, 2.24) is 0 Å². The van der Waals surface area contributed by atoms with Gasteiger partial charge in [-0.2, -0.15) is 0 Å². The van der Waals surface area contributed by atoms with Crippen LogP contribution >= 0.6 is 31.9 Å². The van der Waals surface area contributed by atoms with E-state index in [0.29, 0.717) is 0 Å². The molecule has 0 amide bonds. The molecule has 0 aromatic carbocycles. The molecule has 2 rings (SSSR count). The minimum absolute atomic E-state index is 0.214. The zero-order valence-corrected chi connectivity index (χ0v) is 10.3. The first-order chi connectivity index (χ1) is 5.45. The van der Waals surface area contributed by atoms with E-state index in [2.05, 4.69) is 38.8 Å². The van der Waals surface area contributed by atoms with Crippen LogP contribution in [0.5, 0.6) is 0 Å². The number of alkyl halides is 2. The number of hydrogen-bond donors (Lipinski definition) is 0. The van der Waals surface area contributed by atoms with Gasteiger partial charge < -0.3 is 9.47 Å². The highest BCUT2D eigenvalue weighted by Gasteiger charge is 2.58. The summed E-state index contributed by atoms with van der Waals surface area (Å²) in [5.74, 6) is -0.505. The van der Waals surface area contributed by atoms with Gasteiger partial charge in [0.2, 0.25) is 0 Å². The smallest absolute Gasteiger partial charge is 0.191 e. The van der Waals surface area contributed by atoms with Gasteiger partial charge in [0.05, 0.1) is 12.2 Å². The third-order valence-electron chi connectivity index (χ3n) is 2.72. The maximum absolute atomic E-state index is 5.80. The van der Waals surface area contributed by atoms with Crippen molar-refractivity contribution in [1.29, 1.82) is 0 Å². The van der Waals surface area contributed by atoms with E-state index in [1.807, 2.05) is 6.92 Å². The lowest BCUT2D eigenvalue weighted by molar-refractivity contribution is -0.177. The fourth-order valence-corrected chi connectivity index (χ4v) is 2.69. The van der Waals surface area contributed by atoms with Crippen LogP contribution in [0.4, 0.5) is 0 Å². The van der Waals surface area contributed by atoms with Gasteiger partial charge in [0.25, 0.3) is 0 Å². The first-order valence-electron chi connectivity index (χ1n) is 4.18. The molecule has 2 saturated heterocycles. The Morgan fingerprint density at radius 3 is 2.58 bits per heavy atom. The number of hydrogen-bond acceptors (Lipinski definition) is 2. The summed E-state index contributed by atoms with van der Waals surface area (Å²) in [6.07, 6.45) is 2.58. The summed E-state index contributed by atoms with van der Waals surface area (Å²) in [7, 11) is 0. The molecule has 2 heterocycles. The van der Waals surface area contributed by atoms with Crippen LogP contribution in [0, 0.1) is 0 Å². The highest BCUT2D eigenvalue weighted by Crippen LogP contribution is 2.53. The van der Waals surface area contributed by atoms with E-state index in [4.69, 9.17) is 9.47 Å². The third-order valence-corrected chi connectivity index (χ3v) is 4.95. The van der Waals surface area contributed by atoms with E-state index >= 15 is 0 Å². The van der Waals surface area contributed by atoms with Crippen LogP contribution < -0.4 is 0 Å². The van der Waals surface area contributed by atoms with Gasteiger partial charge in [-0.05, 0) is 26.7 Å². The van der Waals surface area contributed by atoms with Gasteiger partial charge in [-0.3, -0.25) is 0 Å². The predicted molar refractivity (Wildman–Crippen MR) is 53.6 cm³/mol. The molecule has 0 aromatic rings. The Kier molecular flexibility index (Phi) is 2.11. The summed E-state index contributed by atoms with van der Waals surface area (Å²) < 4.78 is 11.4. The van der Waals surface area contributed by atoms with Crippen LogP contribution in [0.3, 0.4) is 0 Å². The van der Waals surface area contributed by atoms with Gasteiger partial charge in [-0.1, -0.05) is 31.9 Å². The Balaban J connectivity index is 2.28. The highest BCUT2D eigenvalue weighted by molar-refractivity contribution is 9.25. The van der Waals surface area contributed by atoms with Crippen molar-refractivity contribution in [3.05, 3.63) is 0 Å². The molecule has 2 aliphatic heterocycles. The van der Waals surface area contributed by atoms with Gasteiger partial charge in [-0.25, -0.2) is 0 Å². The molecule has 4 heteroatoms. The topological polar surface area (TPSA) is 18.5 Å². The van der Waals surface area contributed by atoms with Crippen LogP contribution in [-0.2, 0) is 9.47 Å². The molecule has 2 nitrogen and oxygen atoms in total. The second kappa shape index (κ2) is 2.69. The van der Waals surface area contributed by atoms with E-state index < -0.39 is 5.79 Å². The number of halogens is 2. The van der Waals surface area contributed by atoms with Gasteiger partial charge in [0.15, 0.2) is 5.79 Å². The van der Waals surface area contributed by atoms with Crippen LogP contribution in [0.15, 0.2) is 0 Å². The molecule has 0 aliphatic carbocycles. The molecular formula is C8H12Br2O2. The standard InChI is InChI=1S/C8H12Br2O2/c1-5-6-3-4-8(9,10)7(2,11-5)12-6/h5-6H,3-4H2,1-2H3/t5-,6+,7-/m0/s1.